The first-order chi connectivity index (χ1) is 10.1. The van der Waals surface area contributed by atoms with Gasteiger partial charge in [0.25, 0.3) is 0 Å². The largest absolute Gasteiger partial charge is 0.366 e. The molecule has 3 unspecified atom stereocenters. The minimum atomic E-state index is 0.421. The fourth-order valence-corrected chi connectivity index (χ4v) is 3.62. The predicted molar refractivity (Wildman–Crippen MR) is 86.5 cm³/mol. The second-order valence-corrected chi connectivity index (χ2v) is 7.28. The van der Waals surface area contributed by atoms with E-state index in [1.165, 1.54) is 32.4 Å². The van der Waals surface area contributed by atoms with Gasteiger partial charge in [0, 0.05) is 37.8 Å². The van der Waals surface area contributed by atoms with Gasteiger partial charge in [-0.25, -0.2) is 9.97 Å². The molecule has 3 rings (SSSR count). The van der Waals surface area contributed by atoms with Crippen molar-refractivity contribution in [1.82, 2.24) is 14.9 Å². The van der Waals surface area contributed by atoms with Crippen LogP contribution in [-0.4, -0.2) is 40.5 Å². The molecule has 3 atom stereocenters. The fraction of sp³-hybridized carbons (Fsp3) is 0.765. The van der Waals surface area contributed by atoms with Crippen molar-refractivity contribution in [1.29, 1.82) is 0 Å². The van der Waals surface area contributed by atoms with Gasteiger partial charge in [-0.3, -0.25) is 0 Å². The summed E-state index contributed by atoms with van der Waals surface area (Å²) in [7, 11) is 0. The van der Waals surface area contributed by atoms with Gasteiger partial charge in [-0.1, -0.05) is 13.8 Å². The number of hydrogen-bond donors (Lipinski definition) is 1. The number of nitrogens with zero attached hydrogens (tertiary/aromatic N) is 3. The molecular formula is C17H28N4. The molecule has 21 heavy (non-hydrogen) atoms. The maximum atomic E-state index is 4.66. The molecular weight excluding hydrogens is 260 g/mol. The molecule has 1 aliphatic heterocycles. The lowest BCUT2D eigenvalue weighted by Crippen LogP contribution is -2.43. The Hall–Kier alpha value is -1.16. The maximum absolute atomic E-state index is 4.66. The Morgan fingerprint density at radius 2 is 2.00 bits per heavy atom. The van der Waals surface area contributed by atoms with Crippen LogP contribution < -0.4 is 5.32 Å². The zero-order chi connectivity index (χ0) is 14.8. The van der Waals surface area contributed by atoms with Crippen LogP contribution in [0.1, 0.15) is 51.8 Å². The number of rotatable bonds is 5. The highest BCUT2D eigenvalue weighted by molar-refractivity contribution is 5.35. The van der Waals surface area contributed by atoms with Crippen LogP contribution in [-0.2, 0) is 0 Å². The van der Waals surface area contributed by atoms with Gasteiger partial charge in [0.15, 0.2) is 0 Å². The molecule has 116 valence electrons. The van der Waals surface area contributed by atoms with Crippen LogP contribution in [0.3, 0.4) is 0 Å². The van der Waals surface area contributed by atoms with E-state index in [0.717, 1.165) is 30.0 Å². The van der Waals surface area contributed by atoms with Crippen molar-refractivity contribution in [2.45, 2.75) is 52.0 Å². The van der Waals surface area contributed by atoms with E-state index in [9.17, 15) is 0 Å². The highest BCUT2D eigenvalue weighted by Gasteiger charge is 2.27. The van der Waals surface area contributed by atoms with Gasteiger partial charge in [0.2, 0.25) is 0 Å². The molecule has 1 saturated heterocycles. The van der Waals surface area contributed by atoms with Crippen LogP contribution in [0.5, 0.6) is 0 Å². The van der Waals surface area contributed by atoms with Gasteiger partial charge < -0.3 is 10.2 Å². The Morgan fingerprint density at radius 3 is 2.67 bits per heavy atom. The first-order valence-corrected chi connectivity index (χ1v) is 8.42. The zero-order valence-electron chi connectivity index (χ0n) is 13.5. The lowest BCUT2D eigenvalue weighted by molar-refractivity contribution is 0.138. The molecule has 0 aromatic carbocycles. The van der Waals surface area contributed by atoms with E-state index in [2.05, 4.69) is 41.0 Å². The van der Waals surface area contributed by atoms with Crippen LogP contribution in [0.2, 0.25) is 0 Å². The summed E-state index contributed by atoms with van der Waals surface area (Å²) in [6, 6.07) is 2.41. The van der Waals surface area contributed by atoms with Crippen LogP contribution in [0.25, 0.3) is 0 Å². The molecule has 0 amide bonds. The number of anilines is 1. The molecule has 4 nitrogen and oxygen atoms in total. The second kappa shape index (κ2) is 6.30. The van der Waals surface area contributed by atoms with Crippen molar-refractivity contribution in [3.8, 4) is 0 Å². The van der Waals surface area contributed by atoms with E-state index in [1.807, 2.05) is 12.3 Å². The first kappa shape index (κ1) is 14.8. The number of piperidine rings is 1. The Balaban J connectivity index is 1.53. The van der Waals surface area contributed by atoms with Gasteiger partial charge >= 0.3 is 0 Å². The maximum Gasteiger partial charge on any atom is 0.133 e. The van der Waals surface area contributed by atoms with Gasteiger partial charge in [0.1, 0.15) is 11.6 Å². The summed E-state index contributed by atoms with van der Waals surface area (Å²) in [5, 5.41) is 3.55. The Morgan fingerprint density at radius 1 is 1.29 bits per heavy atom. The first-order valence-electron chi connectivity index (χ1n) is 8.42. The lowest BCUT2D eigenvalue weighted by atomic mass is 9.92. The third-order valence-electron chi connectivity index (χ3n) is 4.49. The predicted octanol–water partition coefficient (Wildman–Crippen LogP) is 3.13. The summed E-state index contributed by atoms with van der Waals surface area (Å²) in [6.45, 7) is 10.5. The smallest absolute Gasteiger partial charge is 0.133 e. The molecule has 1 saturated carbocycles. The van der Waals surface area contributed by atoms with Crippen molar-refractivity contribution in [3.63, 3.8) is 0 Å². The van der Waals surface area contributed by atoms with E-state index in [0.29, 0.717) is 12.0 Å². The molecule has 0 spiro atoms. The van der Waals surface area contributed by atoms with Gasteiger partial charge in [-0.05, 0) is 44.1 Å². The molecule has 0 radical (unpaired) electrons. The van der Waals surface area contributed by atoms with Crippen LogP contribution in [0.4, 0.5) is 5.82 Å². The molecule has 0 bridgehead atoms. The number of nitrogens with one attached hydrogen (secondary N) is 1. The summed E-state index contributed by atoms with van der Waals surface area (Å²) in [6.07, 6.45) is 5.76. The molecule has 1 aromatic heterocycles. The van der Waals surface area contributed by atoms with E-state index in [1.54, 1.807) is 0 Å². The fourth-order valence-electron chi connectivity index (χ4n) is 3.62. The third-order valence-corrected chi connectivity index (χ3v) is 4.49. The van der Waals surface area contributed by atoms with Crippen LogP contribution in [0.15, 0.2) is 12.3 Å². The third kappa shape index (κ3) is 4.16. The van der Waals surface area contributed by atoms with E-state index in [-0.39, 0.29) is 0 Å². The topological polar surface area (TPSA) is 41.0 Å². The van der Waals surface area contributed by atoms with E-state index >= 15 is 0 Å². The van der Waals surface area contributed by atoms with E-state index < -0.39 is 0 Å². The van der Waals surface area contributed by atoms with Crippen molar-refractivity contribution in [2.24, 2.45) is 11.8 Å². The minimum absolute atomic E-state index is 0.421. The second-order valence-electron chi connectivity index (χ2n) is 7.28. The van der Waals surface area contributed by atoms with Crippen LogP contribution in [0, 0.1) is 11.8 Å². The zero-order valence-corrected chi connectivity index (χ0v) is 13.5. The highest BCUT2D eigenvalue weighted by Crippen LogP contribution is 2.38. The van der Waals surface area contributed by atoms with Crippen molar-refractivity contribution < 1.29 is 0 Å². The molecule has 2 aliphatic rings. The van der Waals surface area contributed by atoms with Crippen molar-refractivity contribution >= 4 is 5.82 Å². The summed E-state index contributed by atoms with van der Waals surface area (Å²) in [5.74, 6) is 4.26. The quantitative estimate of drug-likeness (QED) is 0.904. The average Bonchev–Trinajstić information content (AvgIpc) is 3.21. The Kier molecular flexibility index (Phi) is 4.43. The van der Waals surface area contributed by atoms with Gasteiger partial charge in [0.05, 0.1) is 0 Å². The average molecular weight is 288 g/mol. The standard InChI is InChI=1S/C17H28N4/c1-12-8-13(2)10-21(9-12)11-14(3)19-16-6-7-18-17(20-16)15-4-5-15/h6-7,12-15H,4-5,8-11H2,1-3H3,(H,18,19,20). The minimum Gasteiger partial charge on any atom is -0.366 e. The van der Waals surface area contributed by atoms with Crippen molar-refractivity contribution in [2.75, 3.05) is 25.0 Å². The summed E-state index contributed by atoms with van der Waals surface area (Å²) >= 11 is 0. The SMILES string of the molecule is CC1CC(C)CN(CC(C)Nc2ccnc(C3CC3)n2)C1. The normalized spacial score (nSPS) is 28.3. The number of likely N-dealkylation sites (tertiary alicyclic amines) is 1. The monoisotopic (exact) mass is 288 g/mol. The van der Waals surface area contributed by atoms with Crippen molar-refractivity contribution in [3.05, 3.63) is 18.1 Å². The number of hydrogen-bond acceptors (Lipinski definition) is 4. The summed E-state index contributed by atoms with van der Waals surface area (Å²) in [4.78, 5) is 11.6. The van der Waals surface area contributed by atoms with Gasteiger partial charge in [-0.15, -0.1) is 0 Å². The summed E-state index contributed by atoms with van der Waals surface area (Å²) in [5.41, 5.74) is 0. The lowest BCUT2D eigenvalue weighted by Gasteiger charge is -2.36. The Labute approximate surface area is 128 Å². The molecule has 2 heterocycles. The van der Waals surface area contributed by atoms with Gasteiger partial charge in [-0.2, -0.15) is 0 Å². The Bertz CT molecular complexity index is 462. The summed E-state index contributed by atoms with van der Waals surface area (Å²) < 4.78 is 0. The highest BCUT2D eigenvalue weighted by atomic mass is 15.2. The molecule has 2 fully saturated rings. The number of aromatic nitrogens is 2. The van der Waals surface area contributed by atoms with E-state index in [4.69, 9.17) is 0 Å². The molecule has 1 N–H and O–H groups in total. The molecule has 1 aliphatic carbocycles. The molecule has 4 heteroatoms. The van der Waals surface area contributed by atoms with Crippen LogP contribution >= 0.6 is 0 Å². The molecule has 1 aromatic rings.